The minimum atomic E-state index is -0.239. The summed E-state index contributed by atoms with van der Waals surface area (Å²) in [5.41, 5.74) is 3.79. The number of benzene rings is 2. The van der Waals surface area contributed by atoms with Gasteiger partial charge in [0, 0.05) is 17.1 Å². The molecule has 4 aromatic rings. The predicted octanol–water partition coefficient (Wildman–Crippen LogP) is 3.42. The molecule has 6 nitrogen and oxygen atoms in total. The minimum Gasteiger partial charge on any atom is -0.350 e. The molecule has 0 atom stereocenters. The van der Waals surface area contributed by atoms with E-state index in [9.17, 15) is 4.79 Å². The van der Waals surface area contributed by atoms with Gasteiger partial charge < -0.3 is 5.32 Å². The van der Waals surface area contributed by atoms with Crippen molar-refractivity contribution >= 4 is 23.2 Å². The van der Waals surface area contributed by atoms with Crippen molar-refractivity contribution in [2.75, 3.05) is 6.54 Å². The fraction of sp³-hybridized carbons (Fsp3) is 0.100. The molecular weight excluding hydrogens is 362 g/mol. The summed E-state index contributed by atoms with van der Waals surface area (Å²) in [4.78, 5) is 12.6. The van der Waals surface area contributed by atoms with E-state index in [-0.39, 0.29) is 5.91 Å². The largest absolute Gasteiger partial charge is 0.350 e. The summed E-state index contributed by atoms with van der Waals surface area (Å²) in [5, 5.41) is 15.9. The minimum absolute atomic E-state index is 0.239. The first kappa shape index (κ1) is 17.2. The first-order valence-electron chi connectivity index (χ1n) is 8.50. The highest BCUT2D eigenvalue weighted by Crippen LogP contribution is 2.23. The van der Waals surface area contributed by atoms with Crippen LogP contribution in [0.3, 0.4) is 0 Å². The van der Waals surface area contributed by atoms with Crippen LogP contribution in [-0.4, -0.2) is 32.3 Å². The van der Waals surface area contributed by atoms with E-state index in [0.29, 0.717) is 29.3 Å². The molecule has 4 rings (SSSR count). The van der Waals surface area contributed by atoms with Crippen molar-refractivity contribution in [3.05, 3.63) is 83.3 Å². The van der Waals surface area contributed by atoms with Crippen LogP contribution in [0.25, 0.3) is 16.8 Å². The van der Waals surface area contributed by atoms with Gasteiger partial charge in [-0.25, -0.2) is 0 Å². The van der Waals surface area contributed by atoms with E-state index in [1.807, 2.05) is 54.6 Å². The maximum Gasteiger partial charge on any atom is 0.271 e. The number of rotatable bonds is 5. The molecular formula is C20H16ClN5O. The van der Waals surface area contributed by atoms with Crippen LogP contribution in [0.2, 0.25) is 5.02 Å². The van der Waals surface area contributed by atoms with Crippen molar-refractivity contribution in [3.63, 3.8) is 0 Å². The Bertz CT molecular complexity index is 1080. The van der Waals surface area contributed by atoms with Gasteiger partial charge in [-0.3, -0.25) is 4.79 Å². The number of carbonyl (C=O) groups excluding carboxylic acids is 1. The van der Waals surface area contributed by atoms with Gasteiger partial charge in [0.1, 0.15) is 12.0 Å². The Morgan fingerprint density at radius 1 is 1.07 bits per heavy atom. The molecule has 0 bridgehead atoms. The van der Waals surface area contributed by atoms with Crippen LogP contribution >= 0.6 is 11.6 Å². The highest BCUT2D eigenvalue weighted by molar-refractivity contribution is 6.30. The zero-order chi connectivity index (χ0) is 18.6. The van der Waals surface area contributed by atoms with Crippen molar-refractivity contribution in [2.45, 2.75) is 6.42 Å². The van der Waals surface area contributed by atoms with E-state index in [2.05, 4.69) is 20.6 Å². The number of halogens is 1. The maximum atomic E-state index is 12.6. The third-order valence-electron chi connectivity index (χ3n) is 4.20. The number of amides is 1. The molecule has 2 heterocycles. The molecule has 1 amide bonds. The molecule has 2 aromatic carbocycles. The van der Waals surface area contributed by atoms with Gasteiger partial charge in [0.15, 0.2) is 5.65 Å². The van der Waals surface area contributed by atoms with E-state index >= 15 is 0 Å². The van der Waals surface area contributed by atoms with E-state index in [1.54, 1.807) is 6.07 Å². The normalized spacial score (nSPS) is 10.9. The molecule has 0 aliphatic rings. The van der Waals surface area contributed by atoms with Crippen LogP contribution in [0.4, 0.5) is 0 Å². The van der Waals surface area contributed by atoms with E-state index in [4.69, 9.17) is 11.6 Å². The number of hydrogen-bond acceptors (Lipinski definition) is 4. The van der Waals surface area contributed by atoms with Crippen LogP contribution in [-0.2, 0) is 6.42 Å². The third-order valence-corrected chi connectivity index (χ3v) is 4.45. The second-order valence-electron chi connectivity index (χ2n) is 6.04. The average Bonchev–Trinajstić information content (AvgIpc) is 3.18. The lowest BCUT2D eigenvalue weighted by Gasteiger charge is -2.08. The van der Waals surface area contributed by atoms with Gasteiger partial charge in [-0.1, -0.05) is 54.1 Å². The summed E-state index contributed by atoms with van der Waals surface area (Å²) in [7, 11) is 0. The van der Waals surface area contributed by atoms with Crippen molar-refractivity contribution in [3.8, 4) is 11.1 Å². The third kappa shape index (κ3) is 3.80. The lowest BCUT2D eigenvalue weighted by Crippen LogP contribution is -2.27. The highest BCUT2D eigenvalue weighted by atomic mass is 35.5. The molecule has 0 saturated carbocycles. The Balaban J connectivity index is 1.54. The smallest absolute Gasteiger partial charge is 0.271 e. The van der Waals surface area contributed by atoms with Crippen molar-refractivity contribution < 1.29 is 4.79 Å². The summed E-state index contributed by atoms with van der Waals surface area (Å²) < 4.78 is 1.52. The number of nitrogens with zero attached hydrogens (tertiary/aromatic N) is 4. The van der Waals surface area contributed by atoms with Crippen molar-refractivity contribution in [1.82, 2.24) is 25.1 Å². The summed E-state index contributed by atoms with van der Waals surface area (Å²) >= 11 is 5.89. The standard InChI is InChI=1S/C20H16ClN5O/c21-16-8-6-14(7-9-16)10-11-22-20(27)18-12-17(15-4-2-1-3-5-15)19-24-23-13-26(19)25-18/h1-9,12-13H,10-11H2,(H,22,27). The van der Waals surface area contributed by atoms with Crippen LogP contribution in [0.15, 0.2) is 67.0 Å². The summed E-state index contributed by atoms with van der Waals surface area (Å²) in [6.45, 7) is 0.503. The zero-order valence-corrected chi connectivity index (χ0v) is 15.1. The van der Waals surface area contributed by atoms with E-state index in [0.717, 1.165) is 16.7 Å². The van der Waals surface area contributed by atoms with Crippen LogP contribution in [0, 0.1) is 0 Å². The molecule has 7 heteroatoms. The highest BCUT2D eigenvalue weighted by Gasteiger charge is 2.14. The number of fused-ring (bicyclic) bond motifs is 1. The Morgan fingerprint density at radius 2 is 1.85 bits per heavy atom. The molecule has 1 N–H and O–H groups in total. The molecule has 134 valence electrons. The lowest BCUT2D eigenvalue weighted by atomic mass is 10.1. The monoisotopic (exact) mass is 377 g/mol. The topological polar surface area (TPSA) is 72.2 Å². The van der Waals surface area contributed by atoms with Gasteiger partial charge in [0.05, 0.1) is 0 Å². The molecule has 0 aliphatic carbocycles. The zero-order valence-electron chi connectivity index (χ0n) is 14.3. The van der Waals surface area contributed by atoms with Gasteiger partial charge in [-0.2, -0.15) is 9.61 Å². The molecule has 27 heavy (non-hydrogen) atoms. The molecule has 0 unspecified atom stereocenters. The first-order chi connectivity index (χ1) is 13.2. The van der Waals surface area contributed by atoms with E-state index in [1.165, 1.54) is 10.8 Å². The van der Waals surface area contributed by atoms with Crippen LogP contribution in [0.5, 0.6) is 0 Å². The molecule has 0 saturated heterocycles. The molecule has 0 radical (unpaired) electrons. The Labute approximate surface area is 160 Å². The second kappa shape index (κ2) is 7.55. The van der Waals surface area contributed by atoms with Gasteiger partial charge in [-0.05, 0) is 35.7 Å². The van der Waals surface area contributed by atoms with E-state index < -0.39 is 0 Å². The number of hydrogen-bond donors (Lipinski definition) is 1. The first-order valence-corrected chi connectivity index (χ1v) is 8.87. The molecule has 0 spiro atoms. The van der Waals surface area contributed by atoms with Gasteiger partial charge in [0.25, 0.3) is 5.91 Å². The molecule has 0 aliphatic heterocycles. The quantitative estimate of drug-likeness (QED) is 0.578. The Kier molecular flexibility index (Phi) is 4.80. The fourth-order valence-electron chi connectivity index (χ4n) is 2.83. The van der Waals surface area contributed by atoms with Crippen LogP contribution < -0.4 is 5.32 Å². The fourth-order valence-corrected chi connectivity index (χ4v) is 2.96. The maximum absolute atomic E-state index is 12.6. The van der Waals surface area contributed by atoms with Gasteiger partial charge in [0.2, 0.25) is 0 Å². The van der Waals surface area contributed by atoms with Crippen molar-refractivity contribution in [1.29, 1.82) is 0 Å². The SMILES string of the molecule is O=C(NCCc1ccc(Cl)cc1)c1cc(-c2ccccc2)c2nncn2n1. The lowest BCUT2D eigenvalue weighted by molar-refractivity contribution is 0.0948. The molecule has 0 fully saturated rings. The van der Waals surface area contributed by atoms with Crippen LogP contribution in [0.1, 0.15) is 16.1 Å². The Morgan fingerprint density at radius 3 is 2.63 bits per heavy atom. The predicted molar refractivity (Wildman–Crippen MR) is 104 cm³/mol. The summed E-state index contributed by atoms with van der Waals surface area (Å²) in [5.74, 6) is -0.239. The summed E-state index contributed by atoms with van der Waals surface area (Å²) in [6.07, 6.45) is 2.20. The second-order valence-corrected chi connectivity index (χ2v) is 6.48. The Hall–Kier alpha value is -3.25. The van der Waals surface area contributed by atoms with Gasteiger partial charge in [-0.15, -0.1) is 10.2 Å². The average molecular weight is 378 g/mol. The van der Waals surface area contributed by atoms with Crippen molar-refractivity contribution in [2.24, 2.45) is 0 Å². The number of aromatic nitrogens is 4. The number of nitrogens with one attached hydrogen (secondary N) is 1. The molecule has 2 aromatic heterocycles. The number of carbonyl (C=O) groups is 1. The van der Waals surface area contributed by atoms with Gasteiger partial charge >= 0.3 is 0 Å². The summed E-state index contributed by atoms with van der Waals surface area (Å²) in [6, 6.07) is 19.1.